The van der Waals surface area contributed by atoms with Crippen molar-refractivity contribution in [1.29, 1.82) is 0 Å². The minimum atomic E-state index is -0.335. The number of carbonyl (C=O) groups is 1. The second kappa shape index (κ2) is 7.42. The zero-order valence-corrected chi connectivity index (χ0v) is 17.6. The van der Waals surface area contributed by atoms with Gasteiger partial charge in [-0.05, 0) is 60.2 Å². The zero-order chi connectivity index (χ0) is 20.7. The summed E-state index contributed by atoms with van der Waals surface area (Å²) in [4.78, 5) is 19.5. The number of methoxy groups -OCH3 is 1. The van der Waals surface area contributed by atoms with Crippen LogP contribution in [0.4, 0.5) is 5.69 Å². The van der Waals surface area contributed by atoms with Crippen molar-refractivity contribution in [2.75, 3.05) is 12.0 Å². The Morgan fingerprint density at radius 1 is 1.07 bits per heavy atom. The molecule has 0 aliphatic carbocycles. The molecule has 1 N–H and O–H groups in total. The molecule has 0 fully saturated rings. The maximum atomic E-state index is 13.4. The van der Waals surface area contributed by atoms with Crippen molar-refractivity contribution in [3.63, 3.8) is 0 Å². The molecule has 0 radical (unpaired) electrons. The molecule has 1 aliphatic heterocycles. The molecule has 0 saturated carbocycles. The number of H-pyrrole nitrogens is 1. The summed E-state index contributed by atoms with van der Waals surface area (Å²) < 4.78 is 6.22. The van der Waals surface area contributed by atoms with E-state index in [1.165, 1.54) is 0 Å². The smallest absolute Gasteiger partial charge is 0.277 e. The number of nitrogens with one attached hydrogen (secondary N) is 1. The zero-order valence-electron chi connectivity index (χ0n) is 16.0. The standard InChI is InChI=1S/C23H17BrN4O2/c1-30-18-10-4-14(5-11-18)20-19-21(27-26-20)23(29)28(17-8-6-16(24)7-9-17)22(19)15-3-2-12-25-13-15/h2-13,22H,1H3,(H,26,27). The number of ether oxygens (including phenoxy) is 1. The van der Waals surface area contributed by atoms with Crippen molar-refractivity contribution in [3.8, 4) is 17.0 Å². The normalized spacial score (nSPS) is 15.3. The minimum absolute atomic E-state index is 0.117. The van der Waals surface area contributed by atoms with E-state index in [0.717, 1.165) is 38.3 Å². The Hall–Kier alpha value is -3.45. The number of hydrogen-bond donors (Lipinski definition) is 1. The number of anilines is 1. The number of nitrogens with zero attached hydrogens (tertiary/aromatic N) is 3. The summed E-state index contributed by atoms with van der Waals surface area (Å²) in [5.41, 5.74) is 4.73. The highest BCUT2D eigenvalue weighted by Gasteiger charge is 2.43. The lowest BCUT2D eigenvalue weighted by atomic mass is 9.97. The molecule has 0 bridgehead atoms. The second-order valence-corrected chi connectivity index (χ2v) is 7.85. The Kier molecular flexibility index (Phi) is 4.59. The molecule has 2 aromatic carbocycles. The van der Waals surface area contributed by atoms with Crippen LogP contribution in [0.5, 0.6) is 5.75 Å². The third-order valence-corrected chi connectivity index (χ3v) is 5.77. The number of amides is 1. The van der Waals surface area contributed by atoms with Gasteiger partial charge in [-0.3, -0.25) is 19.8 Å². The molecular weight excluding hydrogens is 444 g/mol. The van der Waals surface area contributed by atoms with Gasteiger partial charge in [0.05, 0.1) is 18.8 Å². The Bertz CT molecular complexity index is 1200. The van der Waals surface area contributed by atoms with E-state index in [1.807, 2.05) is 60.7 Å². The molecule has 7 heteroatoms. The summed E-state index contributed by atoms with van der Waals surface area (Å²) in [5, 5.41) is 7.46. The molecular formula is C23H17BrN4O2. The van der Waals surface area contributed by atoms with Gasteiger partial charge in [-0.1, -0.05) is 22.0 Å². The predicted molar refractivity (Wildman–Crippen MR) is 118 cm³/mol. The van der Waals surface area contributed by atoms with Crippen LogP contribution in [0, 0.1) is 0 Å². The molecule has 1 atom stereocenters. The third kappa shape index (κ3) is 2.98. The van der Waals surface area contributed by atoms with E-state index in [-0.39, 0.29) is 11.9 Å². The molecule has 4 aromatic rings. The lowest BCUT2D eigenvalue weighted by Gasteiger charge is -2.26. The number of fused-ring (bicyclic) bond motifs is 1. The Balaban J connectivity index is 1.69. The largest absolute Gasteiger partial charge is 0.497 e. The summed E-state index contributed by atoms with van der Waals surface area (Å²) >= 11 is 3.46. The SMILES string of the molecule is COc1ccc(-c2n[nH]c3c2C(c2cccnc2)N(c2ccc(Br)cc2)C3=O)cc1. The number of halogens is 1. The quantitative estimate of drug-likeness (QED) is 0.465. The monoisotopic (exact) mass is 460 g/mol. The summed E-state index contributed by atoms with van der Waals surface area (Å²) in [6, 6.07) is 18.9. The Labute approximate surface area is 181 Å². The highest BCUT2D eigenvalue weighted by atomic mass is 79.9. The first kappa shape index (κ1) is 18.6. The number of aromatic amines is 1. The van der Waals surface area contributed by atoms with Gasteiger partial charge in [0.1, 0.15) is 11.4 Å². The average molecular weight is 461 g/mol. The van der Waals surface area contributed by atoms with E-state index in [1.54, 1.807) is 24.4 Å². The molecule has 5 rings (SSSR count). The van der Waals surface area contributed by atoms with Gasteiger partial charge in [0, 0.05) is 33.7 Å². The van der Waals surface area contributed by atoms with Gasteiger partial charge in [-0.15, -0.1) is 0 Å². The molecule has 1 aliphatic rings. The fraction of sp³-hybridized carbons (Fsp3) is 0.0870. The van der Waals surface area contributed by atoms with Crippen LogP contribution in [0.1, 0.15) is 27.7 Å². The van der Waals surface area contributed by atoms with Crippen LogP contribution in [0.3, 0.4) is 0 Å². The molecule has 1 unspecified atom stereocenters. The van der Waals surface area contributed by atoms with Crippen molar-refractivity contribution in [3.05, 3.63) is 94.4 Å². The maximum Gasteiger partial charge on any atom is 0.277 e. The van der Waals surface area contributed by atoms with E-state index < -0.39 is 0 Å². The molecule has 30 heavy (non-hydrogen) atoms. The van der Waals surface area contributed by atoms with Crippen LogP contribution in [-0.4, -0.2) is 28.2 Å². The molecule has 1 amide bonds. The molecule has 148 valence electrons. The highest BCUT2D eigenvalue weighted by molar-refractivity contribution is 9.10. The maximum absolute atomic E-state index is 13.4. The van der Waals surface area contributed by atoms with Gasteiger partial charge < -0.3 is 4.74 Å². The fourth-order valence-electron chi connectivity index (χ4n) is 3.84. The van der Waals surface area contributed by atoms with E-state index in [2.05, 4.69) is 31.1 Å². The van der Waals surface area contributed by atoms with Crippen LogP contribution < -0.4 is 9.64 Å². The first-order valence-electron chi connectivity index (χ1n) is 9.39. The average Bonchev–Trinajstić information content (AvgIpc) is 3.34. The van der Waals surface area contributed by atoms with Gasteiger partial charge in [-0.2, -0.15) is 5.10 Å². The van der Waals surface area contributed by atoms with Crippen molar-refractivity contribution >= 4 is 27.5 Å². The molecule has 2 aromatic heterocycles. The highest BCUT2D eigenvalue weighted by Crippen LogP contribution is 2.45. The van der Waals surface area contributed by atoms with Crippen molar-refractivity contribution < 1.29 is 9.53 Å². The van der Waals surface area contributed by atoms with Gasteiger partial charge in [0.2, 0.25) is 0 Å². The number of benzene rings is 2. The first-order chi connectivity index (χ1) is 14.7. The lowest BCUT2D eigenvalue weighted by molar-refractivity contribution is 0.0989. The number of aromatic nitrogens is 3. The van der Waals surface area contributed by atoms with E-state index in [0.29, 0.717) is 5.69 Å². The van der Waals surface area contributed by atoms with Crippen molar-refractivity contribution in [1.82, 2.24) is 15.2 Å². The Morgan fingerprint density at radius 2 is 1.83 bits per heavy atom. The van der Waals surface area contributed by atoms with Gasteiger partial charge in [0.25, 0.3) is 5.91 Å². The van der Waals surface area contributed by atoms with Gasteiger partial charge >= 0.3 is 0 Å². The topological polar surface area (TPSA) is 71.1 Å². The number of rotatable bonds is 4. The summed E-state index contributed by atoms with van der Waals surface area (Å²) in [6.45, 7) is 0. The minimum Gasteiger partial charge on any atom is -0.497 e. The van der Waals surface area contributed by atoms with Gasteiger partial charge in [-0.25, -0.2) is 0 Å². The van der Waals surface area contributed by atoms with Crippen LogP contribution >= 0.6 is 15.9 Å². The molecule has 0 saturated heterocycles. The van der Waals surface area contributed by atoms with E-state index in [9.17, 15) is 4.79 Å². The van der Waals surface area contributed by atoms with Crippen LogP contribution in [0.15, 0.2) is 77.5 Å². The summed E-state index contributed by atoms with van der Waals surface area (Å²) in [6.07, 6.45) is 3.52. The number of pyridine rings is 1. The van der Waals surface area contributed by atoms with Gasteiger partial charge in [0.15, 0.2) is 0 Å². The number of hydrogen-bond acceptors (Lipinski definition) is 4. The third-order valence-electron chi connectivity index (χ3n) is 5.24. The molecule has 0 spiro atoms. The summed E-state index contributed by atoms with van der Waals surface area (Å²) in [7, 11) is 1.63. The summed E-state index contributed by atoms with van der Waals surface area (Å²) in [5.74, 6) is 0.649. The Morgan fingerprint density at radius 3 is 2.50 bits per heavy atom. The predicted octanol–water partition coefficient (Wildman–Crippen LogP) is 4.99. The van der Waals surface area contributed by atoms with E-state index >= 15 is 0 Å². The van der Waals surface area contributed by atoms with Crippen molar-refractivity contribution in [2.45, 2.75) is 6.04 Å². The number of carbonyl (C=O) groups excluding carboxylic acids is 1. The molecule has 6 nitrogen and oxygen atoms in total. The van der Waals surface area contributed by atoms with E-state index in [4.69, 9.17) is 4.74 Å². The molecule has 3 heterocycles. The second-order valence-electron chi connectivity index (χ2n) is 6.93. The lowest BCUT2D eigenvalue weighted by Crippen LogP contribution is -2.29. The van der Waals surface area contributed by atoms with Crippen LogP contribution in [0.25, 0.3) is 11.3 Å². The fourth-order valence-corrected chi connectivity index (χ4v) is 4.10. The van der Waals surface area contributed by atoms with Crippen LogP contribution in [0.2, 0.25) is 0 Å². The van der Waals surface area contributed by atoms with Crippen LogP contribution in [-0.2, 0) is 0 Å². The first-order valence-corrected chi connectivity index (χ1v) is 10.2. The van der Waals surface area contributed by atoms with Crippen molar-refractivity contribution in [2.24, 2.45) is 0 Å².